The zero-order valence-electron chi connectivity index (χ0n) is 19.1. The van der Waals surface area contributed by atoms with Gasteiger partial charge in [-0.25, -0.2) is 14.2 Å². The first-order valence-electron chi connectivity index (χ1n) is 11.0. The predicted molar refractivity (Wildman–Crippen MR) is 125 cm³/mol. The Hall–Kier alpha value is -3.71. The Morgan fingerprint density at radius 1 is 1.30 bits per heavy atom. The third-order valence-electron chi connectivity index (χ3n) is 5.73. The van der Waals surface area contributed by atoms with E-state index in [4.69, 9.17) is 16.3 Å². The number of ether oxygens (including phenoxy) is 1. The number of carbonyl (C=O) groups excluding carboxylic acids is 2. The highest BCUT2D eigenvalue weighted by atomic mass is 35.5. The molecule has 2 N–H and O–H groups in total. The fourth-order valence-corrected chi connectivity index (χ4v) is 4.12. The van der Waals surface area contributed by atoms with E-state index >= 15 is 0 Å². The lowest BCUT2D eigenvalue weighted by atomic mass is 10.2. The van der Waals surface area contributed by atoms with E-state index in [0.717, 1.165) is 16.8 Å². The van der Waals surface area contributed by atoms with Crippen molar-refractivity contribution < 1.29 is 37.0 Å². The van der Waals surface area contributed by atoms with Gasteiger partial charge in [0.05, 0.1) is 16.6 Å². The molecule has 2 atom stereocenters. The van der Waals surface area contributed by atoms with Gasteiger partial charge in [-0.3, -0.25) is 19.1 Å². The molecule has 3 aromatic rings. The highest BCUT2D eigenvalue weighted by molar-refractivity contribution is 6.32. The summed E-state index contributed by atoms with van der Waals surface area (Å²) >= 11 is 6.20. The zero-order valence-corrected chi connectivity index (χ0v) is 19.8. The minimum Gasteiger partial charge on any atom is -0.405 e. The van der Waals surface area contributed by atoms with E-state index < -0.39 is 53.7 Å². The molecule has 0 radical (unpaired) electrons. The number of aliphatic hydroxyl groups is 1. The predicted octanol–water partition coefficient (Wildman–Crippen LogP) is 3.71. The maximum atomic E-state index is 14.9. The molecule has 0 bridgehead atoms. The lowest BCUT2D eigenvalue weighted by Gasteiger charge is -2.20. The normalized spacial score (nSPS) is 16.8. The van der Waals surface area contributed by atoms with Gasteiger partial charge >= 0.3 is 12.3 Å². The molecule has 1 aromatic carbocycles. The highest BCUT2D eigenvalue weighted by Crippen LogP contribution is 2.30. The number of alkyl halides is 3. The molecule has 1 aliphatic rings. The number of anilines is 1. The minimum atomic E-state index is -4.75. The maximum absolute atomic E-state index is 14.9. The van der Waals surface area contributed by atoms with Crippen molar-refractivity contribution in [2.75, 3.05) is 11.4 Å². The number of benzene rings is 1. The summed E-state index contributed by atoms with van der Waals surface area (Å²) in [6.45, 7) is 1.34. The molecular weight excluding hydrogens is 524 g/mol. The van der Waals surface area contributed by atoms with Crippen molar-refractivity contribution in [1.82, 2.24) is 14.9 Å². The molecule has 4 rings (SSSR count). The first kappa shape index (κ1) is 26.4. The first-order chi connectivity index (χ1) is 17.4. The molecule has 37 heavy (non-hydrogen) atoms. The fourth-order valence-electron chi connectivity index (χ4n) is 3.86. The quantitative estimate of drug-likeness (QED) is 0.475. The largest absolute Gasteiger partial charge is 0.413 e. The van der Waals surface area contributed by atoms with E-state index in [0.29, 0.717) is 0 Å². The van der Waals surface area contributed by atoms with Crippen LogP contribution in [0.1, 0.15) is 19.8 Å². The van der Waals surface area contributed by atoms with Crippen molar-refractivity contribution in [3.63, 3.8) is 0 Å². The lowest BCUT2D eigenvalue weighted by molar-refractivity contribution is -0.154. The number of nitrogens with one attached hydrogen (secondary N) is 1. The Morgan fingerprint density at radius 3 is 2.62 bits per heavy atom. The summed E-state index contributed by atoms with van der Waals surface area (Å²) in [4.78, 5) is 43.1. The maximum Gasteiger partial charge on any atom is 0.413 e. The lowest BCUT2D eigenvalue weighted by Crippen LogP contribution is -2.46. The van der Waals surface area contributed by atoms with Gasteiger partial charge in [-0.15, -0.1) is 0 Å². The number of nitrogens with zero attached hydrogens (tertiary/aromatic N) is 3. The molecular formula is C23H19ClF4N4O5. The molecule has 3 heterocycles. The molecule has 1 saturated heterocycles. The summed E-state index contributed by atoms with van der Waals surface area (Å²) in [6, 6.07) is 4.05. The van der Waals surface area contributed by atoms with Crippen LogP contribution in [-0.4, -0.2) is 51.5 Å². The number of fused-ring (bicyclic) bond motifs is 1. The molecule has 0 unspecified atom stereocenters. The van der Waals surface area contributed by atoms with Crippen molar-refractivity contribution in [1.29, 1.82) is 0 Å². The Bertz CT molecular complexity index is 1420. The van der Waals surface area contributed by atoms with Crippen LogP contribution in [0, 0.1) is 5.82 Å². The van der Waals surface area contributed by atoms with Gasteiger partial charge in [0, 0.05) is 13.0 Å². The monoisotopic (exact) mass is 542 g/mol. The highest BCUT2D eigenvalue weighted by Gasteiger charge is 2.40. The summed E-state index contributed by atoms with van der Waals surface area (Å²) in [5.74, 6) is -2.13. The number of hydrogen-bond acceptors (Lipinski definition) is 6. The number of hydrogen-bond donors (Lipinski definition) is 2. The summed E-state index contributed by atoms with van der Waals surface area (Å²) in [5.41, 5.74) is -1.41. The molecule has 1 fully saturated rings. The number of amides is 2. The second-order valence-corrected chi connectivity index (χ2v) is 8.54. The summed E-state index contributed by atoms with van der Waals surface area (Å²) in [5, 5.41) is 11.1. The van der Waals surface area contributed by atoms with Gasteiger partial charge in [0.2, 0.25) is 5.43 Å². The van der Waals surface area contributed by atoms with Crippen LogP contribution < -0.4 is 20.4 Å². The zero-order chi connectivity index (χ0) is 27.1. The van der Waals surface area contributed by atoms with Gasteiger partial charge in [0.15, 0.2) is 11.4 Å². The van der Waals surface area contributed by atoms with E-state index in [1.165, 1.54) is 36.1 Å². The van der Waals surface area contributed by atoms with Crippen molar-refractivity contribution >= 4 is 40.5 Å². The van der Waals surface area contributed by atoms with Crippen molar-refractivity contribution in [2.45, 2.75) is 38.1 Å². The number of para-hydroxylation sites is 1. The Kier molecular flexibility index (Phi) is 7.11. The molecule has 0 spiro atoms. The third-order valence-corrected chi connectivity index (χ3v) is 6.04. The number of halogens is 5. The van der Waals surface area contributed by atoms with E-state index in [1.54, 1.807) is 5.32 Å². The topological polar surface area (TPSA) is 114 Å². The first-order valence-corrected chi connectivity index (χ1v) is 11.4. The smallest absolute Gasteiger partial charge is 0.405 e. The average Bonchev–Trinajstić information content (AvgIpc) is 3.17. The van der Waals surface area contributed by atoms with Crippen LogP contribution >= 0.6 is 11.6 Å². The van der Waals surface area contributed by atoms with Crippen molar-refractivity contribution in [2.24, 2.45) is 0 Å². The van der Waals surface area contributed by atoms with Gasteiger partial charge in [0.1, 0.15) is 29.5 Å². The van der Waals surface area contributed by atoms with Crippen LogP contribution in [0.4, 0.5) is 28.2 Å². The number of aromatic nitrogens is 2. The number of rotatable bonds is 5. The summed E-state index contributed by atoms with van der Waals surface area (Å²) in [7, 11) is 0. The van der Waals surface area contributed by atoms with E-state index in [9.17, 15) is 37.1 Å². The Morgan fingerprint density at radius 2 is 2.03 bits per heavy atom. The van der Waals surface area contributed by atoms with Crippen LogP contribution in [0.25, 0.3) is 16.7 Å². The Labute approximate surface area is 211 Å². The molecule has 9 nitrogen and oxygen atoms in total. The number of pyridine rings is 2. The van der Waals surface area contributed by atoms with Gasteiger partial charge < -0.3 is 15.2 Å². The van der Waals surface area contributed by atoms with Gasteiger partial charge in [-0.1, -0.05) is 24.6 Å². The summed E-state index contributed by atoms with van der Waals surface area (Å²) < 4.78 is 59.9. The van der Waals surface area contributed by atoms with Crippen LogP contribution in [0.5, 0.6) is 5.75 Å². The Balaban J connectivity index is 1.86. The van der Waals surface area contributed by atoms with E-state index in [2.05, 4.69) is 4.98 Å². The van der Waals surface area contributed by atoms with Crippen LogP contribution in [-0.2, 0) is 4.79 Å². The molecule has 2 amide bonds. The molecule has 0 aliphatic carbocycles. The van der Waals surface area contributed by atoms with Crippen molar-refractivity contribution in [3.05, 3.63) is 57.6 Å². The second kappa shape index (κ2) is 9.98. The molecule has 196 valence electrons. The van der Waals surface area contributed by atoms with Gasteiger partial charge in [0.25, 0.3) is 5.91 Å². The molecule has 1 aliphatic heterocycles. The van der Waals surface area contributed by atoms with Gasteiger partial charge in [-0.05, 0) is 30.7 Å². The molecule has 2 aromatic heterocycles. The number of aliphatic hydroxyl groups excluding tert-OH is 1. The SMILES string of the molecule is CC[C@@H](NC(=O)Oc1cn(-c2c(F)cccc2Cl)c2nc(N3CC[C@@H](O)C3=O)ccc2c1=O)C(F)(F)F. The van der Waals surface area contributed by atoms with Gasteiger partial charge in [-0.2, -0.15) is 13.2 Å². The van der Waals surface area contributed by atoms with Crippen molar-refractivity contribution in [3.8, 4) is 11.4 Å². The van der Waals surface area contributed by atoms with Crippen LogP contribution in [0.15, 0.2) is 41.3 Å². The fraction of sp³-hybridized carbons (Fsp3) is 0.304. The second-order valence-electron chi connectivity index (χ2n) is 8.13. The van der Waals surface area contributed by atoms with Crippen LogP contribution in [0.2, 0.25) is 5.02 Å². The third kappa shape index (κ3) is 5.09. The summed E-state index contributed by atoms with van der Waals surface area (Å²) in [6.07, 6.45) is -6.98. The van der Waals surface area contributed by atoms with E-state index in [-0.39, 0.29) is 40.5 Å². The average molecular weight is 543 g/mol. The molecule has 14 heteroatoms. The van der Waals surface area contributed by atoms with Crippen LogP contribution in [0.3, 0.4) is 0 Å². The van der Waals surface area contributed by atoms with E-state index in [1.807, 2.05) is 0 Å². The standard InChI is InChI=1S/C23H19ClF4N4O5/c1-2-16(23(26,27)28)29-22(36)37-15-10-32(18-12(24)4-3-5-13(18)25)20-11(19(15)34)6-7-17(30-20)31-9-8-14(33)21(31)35/h3-7,10,14,16,33H,2,8-9H2,1H3,(H,29,36)/t14-,16-/m1/s1. The minimum absolute atomic E-state index is 0.0528. The number of carbonyl (C=O) groups is 2. The molecule has 0 saturated carbocycles.